The van der Waals surface area contributed by atoms with Crippen LogP contribution in [0.1, 0.15) is 17.0 Å². The monoisotopic (exact) mass is 451 g/mol. The van der Waals surface area contributed by atoms with Crippen molar-refractivity contribution in [2.75, 3.05) is 46.4 Å². The van der Waals surface area contributed by atoms with Crippen LogP contribution in [0.25, 0.3) is 0 Å². The van der Waals surface area contributed by atoms with Gasteiger partial charge in [-0.3, -0.25) is 9.69 Å². The van der Waals surface area contributed by atoms with Crippen molar-refractivity contribution >= 4 is 30.7 Å². The van der Waals surface area contributed by atoms with Gasteiger partial charge in [-0.2, -0.15) is 0 Å². The molecule has 164 valence electrons. The number of amides is 1. The predicted octanol–water partition coefficient (Wildman–Crippen LogP) is 2.79. The maximum Gasteiger partial charge on any atom is 0.248 e. The first kappa shape index (κ1) is 24.6. The smallest absolute Gasteiger partial charge is 0.248 e. The first-order chi connectivity index (χ1) is 13.8. The zero-order valence-electron chi connectivity index (χ0n) is 17.3. The summed E-state index contributed by atoms with van der Waals surface area (Å²) in [5, 5.41) is 3.63. The summed E-state index contributed by atoms with van der Waals surface area (Å²) in [5.41, 5.74) is 2.69. The molecule has 2 aromatic carbocycles. The maximum absolute atomic E-state index is 12.3. The van der Waals surface area contributed by atoms with Gasteiger partial charge in [-0.15, -0.1) is 24.8 Å². The van der Waals surface area contributed by atoms with Gasteiger partial charge >= 0.3 is 0 Å². The topological polar surface area (TPSA) is 44.8 Å². The van der Waals surface area contributed by atoms with Gasteiger partial charge in [-0.1, -0.05) is 60.7 Å². The molecule has 7 heteroatoms. The number of carbonyl (C=O) groups is 1. The van der Waals surface area contributed by atoms with E-state index < -0.39 is 0 Å². The molecule has 0 aromatic heterocycles. The van der Waals surface area contributed by atoms with E-state index in [1.54, 1.807) is 7.11 Å². The summed E-state index contributed by atoms with van der Waals surface area (Å²) in [6, 6.07) is 22.3. The average molecular weight is 452 g/mol. The first-order valence-corrected chi connectivity index (χ1v) is 10.1. The fourth-order valence-corrected chi connectivity index (χ4v) is 4.71. The van der Waals surface area contributed by atoms with Crippen molar-refractivity contribution in [3.8, 4) is 0 Å². The number of piperazine rings is 2. The van der Waals surface area contributed by atoms with Gasteiger partial charge in [0.25, 0.3) is 0 Å². The molecule has 4 rings (SSSR count). The molecule has 0 aliphatic carbocycles. The van der Waals surface area contributed by atoms with Gasteiger partial charge in [0, 0.05) is 57.8 Å². The quantitative estimate of drug-likeness (QED) is 0.758. The summed E-state index contributed by atoms with van der Waals surface area (Å²) in [6.07, 6.45) is 0. The Labute approximate surface area is 191 Å². The molecule has 2 aliphatic heterocycles. The third-order valence-electron chi connectivity index (χ3n) is 6.01. The fraction of sp³-hybridized carbons (Fsp3) is 0.435. The molecule has 0 bridgehead atoms. The zero-order valence-corrected chi connectivity index (χ0v) is 18.9. The SMILES string of the molecule is COCC(=O)N1CCN2[C@H](CNC[C@H]2C(c2ccccc2)c2ccccc2)C1.Cl.Cl. The lowest BCUT2D eigenvalue weighted by molar-refractivity contribution is -0.139. The van der Waals surface area contributed by atoms with Gasteiger partial charge in [-0.05, 0) is 11.1 Å². The summed E-state index contributed by atoms with van der Waals surface area (Å²) in [6.45, 7) is 4.48. The minimum atomic E-state index is 0. The molecule has 2 saturated heterocycles. The number of halogens is 2. The molecule has 2 fully saturated rings. The summed E-state index contributed by atoms with van der Waals surface area (Å²) in [5.74, 6) is 0.394. The van der Waals surface area contributed by atoms with E-state index in [0.29, 0.717) is 18.0 Å². The Hall–Kier alpha value is -1.63. The van der Waals surface area contributed by atoms with Crippen molar-refractivity contribution in [3.05, 3.63) is 71.8 Å². The van der Waals surface area contributed by atoms with Crippen LogP contribution in [0.3, 0.4) is 0 Å². The van der Waals surface area contributed by atoms with Crippen LogP contribution < -0.4 is 5.32 Å². The standard InChI is InChI=1S/C23H29N3O2.2ClH/c1-28-17-22(27)25-12-13-26-20(16-25)14-24-15-21(26)23(18-8-4-2-5-9-18)19-10-6-3-7-11-19;;/h2-11,20-21,23-24H,12-17H2,1H3;2*1H/t20-,21+;;/m1../s1. The van der Waals surface area contributed by atoms with Crippen molar-refractivity contribution in [3.63, 3.8) is 0 Å². The van der Waals surface area contributed by atoms with Crippen molar-refractivity contribution in [1.29, 1.82) is 0 Å². The van der Waals surface area contributed by atoms with E-state index >= 15 is 0 Å². The Morgan fingerprint density at radius 2 is 1.60 bits per heavy atom. The van der Waals surface area contributed by atoms with Crippen molar-refractivity contribution in [1.82, 2.24) is 15.1 Å². The lowest BCUT2D eigenvalue weighted by Gasteiger charge is -2.50. The number of hydrogen-bond donors (Lipinski definition) is 1. The number of hydrogen-bond acceptors (Lipinski definition) is 4. The molecular formula is C23H31Cl2N3O2. The van der Waals surface area contributed by atoms with E-state index in [0.717, 1.165) is 32.7 Å². The van der Waals surface area contributed by atoms with Gasteiger partial charge in [0.1, 0.15) is 6.61 Å². The molecule has 0 spiro atoms. The third kappa shape index (κ3) is 5.34. The molecule has 2 aromatic rings. The number of nitrogens with zero attached hydrogens (tertiary/aromatic N) is 2. The van der Waals surface area contributed by atoms with Crippen LogP contribution >= 0.6 is 24.8 Å². The molecule has 1 N–H and O–H groups in total. The molecule has 0 unspecified atom stereocenters. The second-order valence-electron chi connectivity index (χ2n) is 7.69. The predicted molar refractivity (Wildman–Crippen MR) is 125 cm³/mol. The molecular weight excluding hydrogens is 421 g/mol. The van der Waals surface area contributed by atoms with Gasteiger partial charge in [0.05, 0.1) is 0 Å². The lowest BCUT2D eigenvalue weighted by Crippen LogP contribution is -2.67. The highest BCUT2D eigenvalue weighted by Gasteiger charge is 2.40. The second kappa shape index (κ2) is 11.7. The molecule has 2 heterocycles. The molecule has 0 radical (unpaired) electrons. The summed E-state index contributed by atoms with van der Waals surface area (Å²) in [4.78, 5) is 16.9. The average Bonchev–Trinajstić information content (AvgIpc) is 2.75. The second-order valence-corrected chi connectivity index (χ2v) is 7.69. The molecule has 0 saturated carbocycles. The number of ether oxygens (including phenoxy) is 1. The van der Waals surface area contributed by atoms with E-state index in [4.69, 9.17) is 4.74 Å². The van der Waals surface area contributed by atoms with Gasteiger partial charge in [0.15, 0.2) is 0 Å². The van der Waals surface area contributed by atoms with Crippen LogP contribution in [-0.4, -0.2) is 74.2 Å². The first-order valence-electron chi connectivity index (χ1n) is 10.1. The van der Waals surface area contributed by atoms with Gasteiger partial charge in [-0.25, -0.2) is 0 Å². The fourth-order valence-electron chi connectivity index (χ4n) is 4.71. The molecule has 5 nitrogen and oxygen atoms in total. The highest BCUT2D eigenvalue weighted by atomic mass is 35.5. The number of fused-ring (bicyclic) bond motifs is 1. The summed E-state index contributed by atoms with van der Waals surface area (Å²) < 4.78 is 5.05. The van der Waals surface area contributed by atoms with Gasteiger partial charge in [0.2, 0.25) is 5.91 Å². The van der Waals surface area contributed by atoms with Crippen molar-refractivity contribution < 1.29 is 9.53 Å². The van der Waals surface area contributed by atoms with Gasteiger partial charge < -0.3 is 15.0 Å². The Morgan fingerprint density at radius 3 is 2.17 bits per heavy atom. The molecule has 30 heavy (non-hydrogen) atoms. The summed E-state index contributed by atoms with van der Waals surface area (Å²) >= 11 is 0. The van der Waals surface area contributed by atoms with Crippen molar-refractivity contribution in [2.45, 2.75) is 18.0 Å². The Bertz CT molecular complexity index is 739. The highest BCUT2D eigenvalue weighted by molar-refractivity contribution is 5.85. The van der Waals surface area contributed by atoms with E-state index in [-0.39, 0.29) is 37.3 Å². The van der Waals surface area contributed by atoms with E-state index in [2.05, 4.69) is 70.9 Å². The van der Waals surface area contributed by atoms with Crippen LogP contribution in [0.15, 0.2) is 60.7 Å². The Kier molecular flexibility index (Phi) is 9.59. The molecule has 2 aliphatic rings. The molecule has 1 amide bonds. The number of rotatable bonds is 5. The highest BCUT2D eigenvalue weighted by Crippen LogP contribution is 2.33. The number of benzene rings is 2. The largest absolute Gasteiger partial charge is 0.375 e. The van der Waals surface area contributed by atoms with Crippen LogP contribution in [0, 0.1) is 0 Å². The third-order valence-corrected chi connectivity index (χ3v) is 6.01. The van der Waals surface area contributed by atoms with Crippen molar-refractivity contribution in [2.24, 2.45) is 0 Å². The van der Waals surface area contributed by atoms with E-state index in [1.807, 2.05) is 4.90 Å². The molecule has 2 atom stereocenters. The minimum absolute atomic E-state index is 0. The normalized spacial score (nSPS) is 21.3. The van der Waals surface area contributed by atoms with Crippen LogP contribution in [0.2, 0.25) is 0 Å². The zero-order chi connectivity index (χ0) is 19.3. The minimum Gasteiger partial charge on any atom is -0.375 e. The summed E-state index contributed by atoms with van der Waals surface area (Å²) in [7, 11) is 1.58. The maximum atomic E-state index is 12.3. The van der Waals surface area contributed by atoms with Crippen LogP contribution in [0.4, 0.5) is 0 Å². The lowest BCUT2D eigenvalue weighted by atomic mass is 9.82. The van der Waals surface area contributed by atoms with E-state index in [1.165, 1.54) is 11.1 Å². The Balaban J connectivity index is 0.00000160. The van der Waals surface area contributed by atoms with E-state index in [9.17, 15) is 4.79 Å². The van der Waals surface area contributed by atoms with Crippen LogP contribution in [0.5, 0.6) is 0 Å². The Morgan fingerprint density at radius 1 is 1.00 bits per heavy atom. The number of nitrogens with one attached hydrogen (secondary N) is 1. The van der Waals surface area contributed by atoms with Crippen LogP contribution in [-0.2, 0) is 9.53 Å². The number of carbonyl (C=O) groups excluding carboxylic acids is 1. The number of methoxy groups -OCH3 is 1.